The lowest BCUT2D eigenvalue weighted by atomic mass is 10.2. The van der Waals surface area contributed by atoms with Gasteiger partial charge in [-0.05, 0) is 43.7 Å². The molecule has 0 aliphatic heterocycles. The van der Waals surface area contributed by atoms with Crippen LogP contribution in [0.4, 0.5) is 10.1 Å². The maximum absolute atomic E-state index is 14.0. The van der Waals surface area contributed by atoms with Gasteiger partial charge in [0.05, 0.1) is 10.9 Å². The Morgan fingerprint density at radius 2 is 2.04 bits per heavy atom. The molecule has 1 atom stereocenters. The van der Waals surface area contributed by atoms with Crippen molar-refractivity contribution in [3.63, 3.8) is 0 Å². The van der Waals surface area contributed by atoms with Gasteiger partial charge < -0.3 is 9.88 Å². The molecule has 1 amide bonds. The molecule has 2 aromatic heterocycles. The van der Waals surface area contributed by atoms with Crippen LogP contribution in [0.3, 0.4) is 0 Å². The SMILES string of the molecule is CCCn1c(SC(C)C(=O)Nc2ccc(Br)cc2F)nnc1-c1ccncc1. The van der Waals surface area contributed by atoms with Crippen molar-refractivity contribution in [3.05, 3.63) is 53.0 Å². The van der Waals surface area contributed by atoms with Crippen LogP contribution in [0.15, 0.2) is 52.4 Å². The largest absolute Gasteiger partial charge is 0.323 e. The van der Waals surface area contributed by atoms with Crippen molar-refractivity contribution in [3.8, 4) is 11.4 Å². The van der Waals surface area contributed by atoms with Crippen LogP contribution in [0.2, 0.25) is 0 Å². The third kappa shape index (κ3) is 4.77. The van der Waals surface area contributed by atoms with Gasteiger partial charge in [0.25, 0.3) is 0 Å². The van der Waals surface area contributed by atoms with Crippen molar-refractivity contribution >= 4 is 39.3 Å². The zero-order chi connectivity index (χ0) is 20.1. The average molecular weight is 464 g/mol. The summed E-state index contributed by atoms with van der Waals surface area (Å²) in [5.74, 6) is -0.0601. The van der Waals surface area contributed by atoms with E-state index in [2.05, 4.69) is 43.4 Å². The fraction of sp³-hybridized carbons (Fsp3) is 0.263. The summed E-state index contributed by atoms with van der Waals surface area (Å²) in [6.07, 6.45) is 4.31. The minimum Gasteiger partial charge on any atom is -0.323 e. The third-order valence-electron chi connectivity index (χ3n) is 3.94. The molecule has 3 aromatic rings. The summed E-state index contributed by atoms with van der Waals surface area (Å²) >= 11 is 4.49. The zero-order valence-corrected chi connectivity index (χ0v) is 17.8. The minimum atomic E-state index is -0.492. The summed E-state index contributed by atoms with van der Waals surface area (Å²) in [4.78, 5) is 16.6. The van der Waals surface area contributed by atoms with Crippen LogP contribution in [0, 0.1) is 5.82 Å². The average Bonchev–Trinajstić information content (AvgIpc) is 3.07. The maximum Gasteiger partial charge on any atom is 0.237 e. The van der Waals surface area contributed by atoms with Gasteiger partial charge in [-0.1, -0.05) is 34.6 Å². The van der Waals surface area contributed by atoms with Gasteiger partial charge in [0.15, 0.2) is 11.0 Å². The summed E-state index contributed by atoms with van der Waals surface area (Å²) in [7, 11) is 0. The number of carbonyl (C=O) groups excluding carboxylic acids is 1. The van der Waals surface area contributed by atoms with Crippen LogP contribution in [0.25, 0.3) is 11.4 Å². The number of hydrogen-bond donors (Lipinski definition) is 1. The molecule has 3 rings (SSSR count). The van der Waals surface area contributed by atoms with Gasteiger partial charge in [-0.25, -0.2) is 4.39 Å². The summed E-state index contributed by atoms with van der Waals surface area (Å²) in [6.45, 7) is 4.55. The number of pyridine rings is 1. The molecule has 0 aliphatic carbocycles. The van der Waals surface area contributed by atoms with Crippen LogP contribution < -0.4 is 5.32 Å². The van der Waals surface area contributed by atoms with E-state index in [0.29, 0.717) is 9.63 Å². The highest BCUT2D eigenvalue weighted by atomic mass is 79.9. The Kier molecular flexibility index (Phi) is 6.79. The van der Waals surface area contributed by atoms with Crippen molar-refractivity contribution < 1.29 is 9.18 Å². The van der Waals surface area contributed by atoms with E-state index < -0.39 is 11.1 Å². The first-order valence-electron chi connectivity index (χ1n) is 8.75. The van der Waals surface area contributed by atoms with Crippen LogP contribution in [-0.4, -0.2) is 30.9 Å². The highest BCUT2D eigenvalue weighted by Gasteiger charge is 2.21. The Balaban J connectivity index is 1.77. The summed E-state index contributed by atoms with van der Waals surface area (Å²) < 4.78 is 16.6. The number of nitrogens with one attached hydrogen (secondary N) is 1. The predicted octanol–water partition coefficient (Wildman–Crippen LogP) is 4.77. The van der Waals surface area contributed by atoms with Gasteiger partial charge in [-0.3, -0.25) is 9.78 Å². The first-order chi connectivity index (χ1) is 13.5. The molecular weight excluding hydrogens is 445 g/mol. The van der Waals surface area contributed by atoms with Crippen molar-refractivity contribution in [1.82, 2.24) is 19.7 Å². The molecule has 0 saturated heterocycles. The predicted molar refractivity (Wildman–Crippen MR) is 112 cm³/mol. The van der Waals surface area contributed by atoms with Crippen LogP contribution in [0.1, 0.15) is 20.3 Å². The number of anilines is 1. The fourth-order valence-corrected chi connectivity index (χ4v) is 3.76. The number of hydrogen-bond acceptors (Lipinski definition) is 5. The van der Waals surface area contributed by atoms with E-state index in [-0.39, 0.29) is 11.6 Å². The van der Waals surface area contributed by atoms with Crippen molar-refractivity contribution in [2.75, 3.05) is 5.32 Å². The number of thioether (sulfide) groups is 1. The highest BCUT2D eigenvalue weighted by molar-refractivity contribution is 9.10. The van der Waals surface area contributed by atoms with E-state index in [0.717, 1.165) is 24.4 Å². The van der Waals surface area contributed by atoms with Crippen LogP contribution in [0.5, 0.6) is 0 Å². The molecule has 0 spiro atoms. The summed E-state index contributed by atoms with van der Waals surface area (Å²) in [5, 5.41) is 11.4. The molecule has 2 heterocycles. The number of carbonyl (C=O) groups is 1. The minimum absolute atomic E-state index is 0.146. The number of aromatic nitrogens is 4. The summed E-state index contributed by atoms with van der Waals surface area (Å²) in [5.41, 5.74) is 1.06. The van der Waals surface area contributed by atoms with Crippen LogP contribution in [-0.2, 0) is 11.3 Å². The molecule has 9 heteroatoms. The number of rotatable bonds is 7. The lowest BCUT2D eigenvalue weighted by Crippen LogP contribution is -2.23. The highest BCUT2D eigenvalue weighted by Crippen LogP contribution is 2.28. The Morgan fingerprint density at radius 3 is 2.71 bits per heavy atom. The second-order valence-corrected chi connectivity index (χ2v) is 8.29. The number of nitrogens with zero attached hydrogens (tertiary/aromatic N) is 4. The molecule has 0 fully saturated rings. The number of halogens is 2. The Hall–Kier alpha value is -2.26. The molecule has 0 bridgehead atoms. The van der Waals surface area contributed by atoms with E-state index in [1.54, 1.807) is 25.4 Å². The number of benzene rings is 1. The lowest BCUT2D eigenvalue weighted by Gasteiger charge is -2.14. The lowest BCUT2D eigenvalue weighted by molar-refractivity contribution is -0.115. The van der Waals surface area contributed by atoms with Gasteiger partial charge in [-0.2, -0.15) is 0 Å². The Labute approximate surface area is 175 Å². The fourth-order valence-electron chi connectivity index (χ4n) is 2.55. The van der Waals surface area contributed by atoms with Gasteiger partial charge in [0.2, 0.25) is 5.91 Å². The first-order valence-corrected chi connectivity index (χ1v) is 10.4. The molecule has 1 N–H and O–H groups in total. The zero-order valence-electron chi connectivity index (χ0n) is 15.4. The maximum atomic E-state index is 14.0. The van der Waals surface area contributed by atoms with Gasteiger partial charge in [-0.15, -0.1) is 10.2 Å². The van der Waals surface area contributed by atoms with E-state index in [4.69, 9.17) is 0 Å². The summed E-state index contributed by atoms with van der Waals surface area (Å²) in [6, 6.07) is 8.26. The van der Waals surface area contributed by atoms with E-state index in [1.165, 1.54) is 23.9 Å². The normalized spacial score (nSPS) is 12.0. The smallest absolute Gasteiger partial charge is 0.237 e. The molecule has 0 aliphatic rings. The quantitative estimate of drug-likeness (QED) is 0.510. The van der Waals surface area contributed by atoms with E-state index >= 15 is 0 Å². The molecular formula is C19H19BrFN5OS. The molecule has 1 unspecified atom stereocenters. The van der Waals surface area contributed by atoms with Gasteiger partial charge in [0, 0.05) is 29.0 Å². The Morgan fingerprint density at radius 1 is 1.29 bits per heavy atom. The third-order valence-corrected chi connectivity index (χ3v) is 5.52. The monoisotopic (exact) mass is 463 g/mol. The Bertz CT molecular complexity index is 966. The van der Waals surface area contributed by atoms with Crippen LogP contribution >= 0.6 is 27.7 Å². The van der Waals surface area contributed by atoms with E-state index in [9.17, 15) is 9.18 Å². The first kappa shape index (κ1) is 20.5. The standard InChI is InChI=1S/C19H19BrFN5OS/c1-3-10-26-17(13-6-8-22-9-7-13)24-25-19(26)28-12(2)18(27)23-16-5-4-14(20)11-15(16)21/h4-9,11-12H,3,10H2,1-2H3,(H,23,27). The van der Waals surface area contributed by atoms with Gasteiger partial charge >= 0.3 is 0 Å². The molecule has 146 valence electrons. The molecule has 0 saturated carbocycles. The topological polar surface area (TPSA) is 72.7 Å². The number of amides is 1. The molecule has 1 aromatic carbocycles. The second kappa shape index (κ2) is 9.29. The molecule has 6 nitrogen and oxygen atoms in total. The molecule has 0 radical (unpaired) electrons. The van der Waals surface area contributed by atoms with Gasteiger partial charge in [0.1, 0.15) is 5.82 Å². The van der Waals surface area contributed by atoms with Crippen molar-refractivity contribution in [2.24, 2.45) is 0 Å². The van der Waals surface area contributed by atoms with E-state index in [1.807, 2.05) is 16.7 Å². The molecule has 28 heavy (non-hydrogen) atoms. The van der Waals surface area contributed by atoms with Crippen molar-refractivity contribution in [2.45, 2.75) is 37.2 Å². The second-order valence-electron chi connectivity index (χ2n) is 6.07. The van der Waals surface area contributed by atoms with Crippen molar-refractivity contribution in [1.29, 1.82) is 0 Å².